The van der Waals surface area contributed by atoms with Crippen LogP contribution in [0.3, 0.4) is 0 Å². The van der Waals surface area contributed by atoms with Crippen molar-refractivity contribution in [1.82, 2.24) is 14.9 Å². The first-order chi connectivity index (χ1) is 10.3. The van der Waals surface area contributed by atoms with E-state index in [1.54, 1.807) is 17.0 Å². The van der Waals surface area contributed by atoms with Crippen LogP contribution in [0.15, 0.2) is 24.3 Å². The molecule has 122 valence electrons. The third-order valence-electron chi connectivity index (χ3n) is 3.42. The molecule has 1 heterocycles. The number of benzene rings is 1. The number of hydrogen-bond donors (Lipinski definition) is 2. The van der Waals surface area contributed by atoms with E-state index in [4.69, 9.17) is 0 Å². The van der Waals surface area contributed by atoms with Gasteiger partial charge in [0.15, 0.2) is 0 Å². The van der Waals surface area contributed by atoms with E-state index in [0.717, 1.165) is 12.7 Å². The van der Waals surface area contributed by atoms with Gasteiger partial charge in [0, 0.05) is 25.7 Å². The van der Waals surface area contributed by atoms with E-state index in [2.05, 4.69) is 10.0 Å². The topological polar surface area (TPSA) is 78.5 Å². The summed E-state index contributed by atoms with van der Waals surface area (Å²) in [6.07, 6.45) is 2.55. The second kappa shape index (κ2) is 7.06. The fourth-order valence-electron chi connectivity index (χ4n) is 2.50. The molecule has 0 aliphatic carbocycles. The first-order valence-electron chi connectivity index (χ1n) is 7.08. The standard InChI is InChI=1S/C14H20FN3O3S/c1-22(20,21)17-13-6-3-7-18(10-13)14(19)16-9-11-4-2-5-12(15)8-11/h2,4-5,8,13,17H,3,6-7,9-10H2,1H3,(H,16,19)/t13-/m0/s1. The van der Waals surface area contributed by atoms with Gasteiger partial charge >= 0.3 is 6.03 Å². The number of urea groups is 1. The van der Waals surface area contributed by atoms with E-state index < -0.39 is 10.0 Å². The van der Waals surface area contributed by atoms with E-state index >= 15 is 0 Å². The van der Waals surface area contributed by atoms with Crippen molar-refractivity contribution in [2.45, 2.75) is 25.4 Å². The maximum absolute atomic E-state index is 13.1. The van der Waals surface area contributed by atoms with Crippen LogP contribution in [0.25, 0.3) is 0 Å². The molecule has 1 saturated heterocycles. The number of sulfonamides is 1. The summed E-state index contributed by atoms with van der Waals surface area (Å²) >= 11 is 0. The van der Waals surface area contributed by atoms with Crippen molar-refractivity contribution in [1.29, 1.82) is 0 Å². The third-order valence-corrected chi connectivity index (χ3v) is 4.18. The lowest BCUT2D eigenvalue weighted by atomic mass is 10.1. The maximum Gasteiger partial charge on any atom is 0.317 e. The van der Waals surface area contributed by atoms with Crippen molar-refractivity contribution in [3.63, 3.8) is 0 Å². The molecular formula is C14H20FN3O3S. The lowest BCUT2D eigenvalue weighted by Gasteiger charge is -2.32. The molecule has 1 aromatic rings. The van der Waals surface area contributed by atoms with E-state index in [1.165, 1.54) is 12.1 Å². The van der Waals surface area contributed by atoms with Crippen molar-refractivity contribution < 1.29 is 17.6 Å². The molecule has 1 aromatic carbocycles. The molecule has 1 aliphatic heterocycles. The van der Waals surface area contributed by atoms with Gasteiger partial charge in [-0.15, -0.1) is 0 Å². The minimum atomic E-state index is -3.28. The van der Waals surface area contributed by atoms with Crippen LogP contribution in [0.4, 0.5) is 9.18 Å². The van der Waals surface area contributed by atoms with Crippen LogP contribution in [0.1, 0.15) is 18.4 Å². The Morgan fingerprint density at radius 3 is 2.91 bits per heavy atom. The van der Waals surface area contributed by atoms with E-state index in [9.17, 15) is 17.6 Å². The molecular weight excluding hydrogens is 309 g/mol. The molecule has 0 spiro atoms. The zero-order chi connectivity index (χ0) is 16.2. The van der Waals surface area contributed by atoms with Gasteiger partial charge in [-0.2, -0.15) is 0 Å². The third kappa shape index (κ3) is 5.27. The highest BCUT2D eigenvalue weighted by Gasteiger charge is 2.25. The Kier molecular flexibility index (Phi) is 5.36. The summed E-state index contributed by atoms with van der Waals surface area (Å²) in [6.45, 7) is 1.15. The first kappa shape index (κ1) is 16.7. The maximum atomic E-state index is 13.1. The number of carbonyl (C=O) groups excluding carboxylic acids is 1. The molecule has 0 saturated carbocycles. The molecule has 0 aromatic heterocycles. The first-order valence-corrected chi connectivity index (χ1v) is 8.97. The molecule has 0 bridgehead atoms. The number of amides is 2. The Labute approximate surface area is 129 Å². The highest BCUT2D eigenvalue weighted by atomic mass is 32.2. The average Bonchev–Trinajstić information content (AvgIpc) is 2.43. The number of likely N-dealkylation sites (tertiary alicyclic amines) is 1. The fraction of sp³-hybridized carbons (Fsp3) is 0.500. The summed E-state index contributed by atoms with van der Waals surface area (Å²) in [6, 6.07) is 5.49. The van der Waals surface area contributed by atoms with Gasteiger partial charge in [0.05, 0.1) is 6.26 Å². The van der Waals surface area contributed by atoms with Crippen LogP contribution < -0.4 is 10.0 Å². The number of piperidine rings is 1. The number of hydrogen-bond acceptors (Lipinski definition) is 3. The van der Waals surface area contributed by atoms with Crippen molar-refractivity contribution >= 4 is 16.1 Å². The minimum absolute atomic E-state index is 0.233. The van der Waals surface area contributed by atoms with Gasteiger partial charge in [0.1, 0.15) is 5.82 Å². The smallest absolute Gasteiger partial charge is 0.317 e. The Balaban J connectivity index is 1.86. The molecule has 2 N–H and O–H groups in total. The van der Waals surface area contributed by atoms with E-state index in [-0.39, 0.29) is 24.4 Å². The van der Waals surface area contributed by atoms with Crippen LogP contribution in [-0.2, 0) is 16.6 Å². The van der Waals surface area contributed by atoms with Gasteiger partial charge in [-0.3, -0.25) is 0 Å². The molecule has 1 aliphatic rings. The summed E-state index contributed by atoms with van der Waals surface area (Å²) in [5.41, 5.74) is 0.677. The van der Waals surface area contributed by atoms with Crippen LogP contribution in [0.5, 0.6) is 0 Å². The predicted molar refractivity (Wildman–Crippen MR) is 81.2 cm³/mol. The van der Waals surface area contributed by atoms with E-state index in [1.807, 2.05) is 0 Å². The summed E-state index contributed by atoms with van der Waals surface area (Å²) in [7, 11) is -3.28. The van der Waals surface area contributed by atoms with Crippen LogP contribution in [0.2, 0.25) is 0 Å². The largest absolute Gasteiger partial charge is 0.334 e. The van der Waals surface area contributed by atoms with Crippen LogP contribution in [-0.4, -0.2) is 44.7 Å². The Morgan fingerprint density at radius 1 is 1.45 bits per heavy atom. The summed E-state index contributed by atoms with van der Waals surface area (Å²) < 4.78 is 38.1. The van der Waals surface area contributed by atoms with Gasteiger partial charge in [0.2, 0.25) is 10.0 Å². The Hall–Kier alpha value is -1.67. The molecule has 1 fully saturated rings. The lowest BCUT2D eigenvalue weighted by Crippen LogP contribution is -2.51. The molecule has 6 nitrogen and oxygen atoms in total. The SMILES string of the molecule is CS(=O)(=O)N[C@H]1CCCN(C(=O)NCc2cccc(F)c2)C1. The number of nitrogens with one attached hydrogen (secondary N) is 2. The van der Waals surface area contributed by atoms with Gasteiger partial charge in [-0.25, -0.2) is 22.3 Å². The summed E-state index contributed by atoms with van der Waals surface area (Å²) in [5, 5.41) is 2.72. The number of carbonyl (C=O) groups is 1. The van der Waals surface area contributed by atoms with Gasteiger partial charge in [0.25, 0.3) is 0 Å². The minimum Gasteiger partial charge on any atom is -0.334 e. The van der Waals surface area contributed by atoms with Gasteiger partial charge in [-0.1, -0.05) is 12.1 Å². The van der Waals surface area contributed by atoms with Gasteiger partial charge < -0.3 is 10.2 Å². The normalized spacial score (nSPS) is 19.0. The molecule has 1 atom stereocenters. The van der Waals surface area contributed by atoms with E-state index in [0.29, 0.717) is 25.1 Å². The number of rotatable bonds is 4. The van der Waals surface area contributed by atoms with Crippen molar-refractivity contribution in [3.8, 4) is 0 Å². The zero-order valence-corrected chi connectivity index (χ0v) is 13.2. The van der Waals surface area contributed by atoms with Gasteiger partial charge in [-0.05, 0) is 30.5 Å². The number of nitrogens with zero attached hydrogens (tertiary/aromatic N) is 1. The second-order valence-electron chi connectivity index (χ2n) is 5.46. The molecule has 2 rings (SSSR count). The predicted octanol–water partition coefficient (Wildman–Crippen LogP) is 1.05. The number of halogens is 1. The zero-order valence-electron chi connectivity index (χ0n) is 12.4. The monoisotopic (exact) mass is 329 g/mol. The lowest BCUT2D eigenvalue weighted by molar-refractivity contribution is 0.177. The molecule has 2 amide bonds. The Morgan fingerprint density at radius 2 is 2.23 bits per heavy atom. The highest BCUT2D eigenvalue weighted by molar-refractivity contribution is 7.88. The second-order valence-corrected chi connectivity index (χ2v) is 7.24. The van der Waals surface area contributed by atoms with Crippen molar-refractivity contribution in [2.24, 2.45) is 0 Å². The van der Waals surface area contributed by atoms with Crippen molar-refractivity contribution in [2.75, 3.05) is 19.3 Å². The molecule has 22 heavy (non-hydrogen) atoms. The van der Waals surface area contributed by atoms with Crippen LogP contribution in [0, 0.1) is 5.82 Å². The fourth-order valence-corrected chi connectivity index (χ4v) is 3.29. The summed E-state index contributed by atoms with van der Waals surface area (Å²) in [5.74, 6) is -0.345. The summed E-state index contributed by atoms with van der Waals surface area (Å²) in [4.78, 5) is 13.7. The van der Waals surface area contributed by atoms with Crippen LogP contribution >= 0.6 is 0 Å². The molecule has 0 radical (unpaired) electrons. The average molecular weight is 329 g/mol. The quantitative estimate of drug-likeness (QED) is 0.867. The van der Waals surface area contributed by atoms with Crippen molar-refractivity contribution in [3.05, 3.63) is 35.6 Å². The molecule has 0 unspecified atom stereocenters. The Bertz CT molecular complexity index is 636. The molecule has 8 heteroatoms. The highest BCUT2D eigenvalue weighted by Crippen LogP contribution is 2.11.